The highest BCUT2D eigenvalue weighted by Crippen LogP contribution is 2.26. The number of aryl methyl sites for hydroxylation is 2. The Morgan fingerprint density at radius 3 is 2.61 bits per heavy atom. The van der Waals surface area contributed by atoms with E-state index in [0.717, 1.165) is 48.0 Å². The van der Waals surface area contributed by atoms with Crippen molar-refractivity contribution in [2.75, 3.05) is 25.2 Å². The number of unbranched alkanes of at least 4 members (excludes halogenated alkanes) is 1. The largest absolute Gasteiger partial charge is 0.325 e. The summed E-state index contributed by atoms with van der Waals surface area (Å²) in [7, 11) is 4.13. The van der Waals surface area contributed by atoms with Crippen LogP contribution in [-0.4, -0.2) is 45.4 Å². The number of hydrogen-bond acceptors (Lipinski definition) is 5. The Morgan fingerprint density at radius 1 is 1.25 bits per heavy atom. The van der Waals surface area contributed by atoms with Gasteiger partial charge < -0.3 is 9.88 Å². The molecule has 0 radical (unpaired) electrons. The predicted octanol–water partition coefficient (Wildman–Crippen LogP) is 4.44. The second-order valence-corrected chi connectivity index (χ2v) is 8.33. The summed E-state index contributed by atoms with van der Waals surface area (Å²) < 4.78 is 2.19. The van der Waals surface area contributed by atoms with Gasteiger partial charge in [-0.15, -0.1) is 10.2 Å². The van der Waals surface area contributed by atoms with Gasteiger partial charge in [0.15, 0.2) is 11.0 Å². The van der Waals surface area contributed by atoms with Crippen molar-refractivity contribution < 1.29 is 4.79 Å². The molecule has 0 unspecified atom stereocenters. The van der Waals surface area contributed by atoms with Crippen LogP contribution in [0.25, 0.3) is 0 Å². The summed E-state index contributed by atoms with van der Waals surface area (Å²) in [5, 5.41) is 12.7. The Morgan fingerprint density at radius 2 is 2.00 bits per heavy atom. The molecule has 28 heavy (non-hydrogen) atoms. The third-order valence-electron chi connectivity index (χ3n) is 4.78. The van der Waals surface area contributed by atoms with Crippen LogP contribution < -0.4 is 5.32 Å². The number of rotatable bonds is 10. The molecule has 1 aromatic carbocycles. The normalized spacial score (nSPS) is 12.4. The van der Waals surface area contributed by atoms with Crippen LogP contribution in [0.1, 0.15) is 56.1 Å². The van der Waals surface area contributed by atoms with Crippen LogP contribution in [0.5, 0.6) is 0 Å². The van der Waals surface area contributed by atoms with Gasteiger partial charge in [-0.1, -0.05) is 49.7 Å². The lowest BCUT2D eigenvalue weighted by Gasteiger charge is -2.23. The molecule has 1 atom stereocenters. The quantitative estimate of drug-likeness (QED) is 0.594. The van der Waals surface area contributed by atoms with Crippen molar-refractivity contribution in [2.24, 2.45) is 0 Å². The average molecular weight is 404 g/mol. The number of carbonyl (C=O) groups excluding carboxylic acids is 1. The first-order valence-corrected chi connectivity index (χ1v) is 10.9. The van der Waals surface area contributed by atoms with Crippen molar-refractivity contribution in [3.63, 3.8) is 0 Å². The molecule has 1 aromatic heterocycles. The van der Waals surface area contributed by atoms with Gasteiger partial charge in [0.05, 0.1) is 11.8 Å². The van der Waals surface area contributed by atoms with Gasteiger partial charge in [0.1, 0.15) is 0 Å². The zero-order chi connectivity index (χ0) is 20.7. The molecule has 1 amide bonds. The summed E-state index contributed by atoms with van der Waals surface area (Å²) in [6, 6.07) is 6.26. The van der Waals surface area contributed by atoms with Crippen LogP contribution >= 0.6 is 11.8 Å². The summed E-state index contributed by atoms with van der Waals surface area (Å²) >= 11 is 1.45. The second kappa shape index (κ2) is 10.6. The molecule has 2 rings (SSSR count). The Balaban J connectivity index is 2.09. The first-order valence-electron chi connectivity index (χ1n) is 9.96. The number of benzene rings is 1. The van der Waals surface area contributed by atoms with Crippen LogP contribution in [0.15, 0.2) is 23.4 Å². The average Bonchev–Trinajstić information content (AvgIpc) is 3.03. The molecule has 0 saturated carbocycles. The van der Waals surface area contributed by atoms with Crippen LogP contribution in [-0.2, 0) is 11.3 Å². The number of hydrogen-bond donors (Lipinski definition) is 1. The molecule has 0 aliphatic rings. The molecular weight excluding hydrogens is 370 g/mol. The molecule has 2 aromatic rings. The standard InChI is InChI=1S/C21H33N5OS/c1-7-9-12-26-20(18(8-2)25(5)6)23-24-21(26)28-14-19(27)22-17-11-10-15(3)13-16(17)4/h10-11,13,18H,7-9,12,14H2,1-6H3,(H,22,27)/t18-/m1/s1. The summed E-state index contributed by atoms with van der Waals surface area (Å²) in [5.74, 6) is 1.28. The topological polar surface area (TPSA) is 63.1 Å². The smallest absolute Gasteiger partial charge is 0.234 e. The van der Waals surface area contributed by atoms with Gasteiger partial charge in [-0.25, -0.2) is 0 Å². The van der Waals surface area contributed by atoms with E-state index in [9.17, 15) is 4.79 Å². The molecule has 0 aliphatic heterocycles. The minimum atomic E-state index is -0.0248. The van der Waals surface area contributed by atoms with E-state index in [1.165, 1.54) is 17.3 Å². The highest BCUT2D eigenvalue weighted by Gasteiger charge is 2.22. The second-order valence-electron chi connectivity index (χ2n) is 7.39. The van der Waals surface area contributed by atoms with E-state index in [0.29, 0.717) is 5.75 Å². The summed E-state index contributed by atoms with van der Waals surface area (Å²) in [6.45, 7) is 9.28. The fraction of sp³-hybridized carbons (Fsp3) is 0.571. The third-order valence-corrected chi connectivity index (χ3v) is 5.74. The van der Waals surface area contributed by atoms with Gasteiger partial charge in [0.2, 0.25) is 5.91 Å². The maximum atomic E-state index is 12.5. The number of nitrogens with one attached hydrogen (secondary N) is 1. The van der Waals surface area contributed by atoms with Crippen molar-refractivity contribution in [2.45, 2.75) is 64.7 Å². The number of anilines is 1. The van der Waals surface area contributed by atoms with Crippen molar-refractivity contribution in [3.8, 4) is 0 Å². The fourth-order valence-electron chi connectivity index (χ4n) is 3.23. The molecule has 154 valence electrons. The number of nitrogens with zero attached hydrogens (tertiary/aromatic N) is 4. The van der Waals surface area contributed by atoms with Gasteiger partial charge >= 0.3 is 0 Å². The zero-order valence-electron chi connectivity index (χ0n) is 18.0. The summed E-state index contributed by atoms with van der Waals surface area (Å²) in [4.78, 5) is 14.6. The summed E-state index contributed by atoms with van der Waals surface area (Å²) in [5.41, 5.74) is 3.12. The first-order chi connectivity index (χ1) is 13.4. The highest BCUT2D eigenvalue weighted by atomic mass is 32.2. The Labute approximate surface area is 173 Å². The van der Waals surface area contributed by atoms with E-state index in [1.54, 1.807) is 0 Å². The molecule has 0 aliphatic carbocycles. The molecule has 6 nitrogen and oxygen atoms in total. The molecule has 0 bridgehead atoms. The molecule has 0 saturated heterocycles. The van der Waals surface area contributed by atoms with Crippen LogP contribution in [0.2, 0.25) is 0 Å². The molecule has 0 spiro atoms. The van der Waals surface area contributed by atoms with Crippen LogP contribution in [0.4, 0.5) is 5.69 Å². The highest BCUT2D eigenvalue weighted by molar-refractivity contribution is 7.99. The zero-order valence-corrected chi connectivity index (χ0v) is 18.8. The first kappa shape index (κ1) is 22.4. The SMILES string of the molecule is CCCCn1c(SCC(=O)Nc2ccc(C)cc2C)nnc1[C@@H](CC)N(C)C. The van der Waals surface area contributed by atoms with Crippen molar-refractivity contribution >= 4 is 23.4 Å². The lowest BCUT2D eigenvalue weighted by molar-refractivity contribution is -0.113. The number of amides is 1. The van der Waals surface area contributed by atoms with E-state index in [1.807, 2.05) is 26.0 Å². The van der Waals surface area contributed by atoms with Crippen molar-refractivity contribution in [1.29, 1.82) is 0 Å². The van der Waals surface area contributed by atoms with Crippen molar-refractivity contribution in [1.82, 2.24) is 19.7 Å². The van der Waals surface area contributed by atoms with E-state index >= 15 is 0 Å². The maximum Gasteiger partial charge on any atom is 0.234 e. The lowest BCUT2D eigenvalue weighted by atomic mass is 10.1. The summed E-state index contributed by atoms with van der Waals surface area (Å²) in [6.07, 6.45) is 3.14. The molecule has 0 fully saturated rings. The van der Waals surface area contributed by atoms with Gasteiger partial charge in [-0.2, -0.15) is 0 Å². The predicted molar refractivity (Wildman–Crippen MR) is 117 cm³/mol. The third kappa shape index (κ3) is 5.82. The Bertz CT molecular complexity index is 787. The van der Waals surface area contributed by atoms with E-state index in [2.05, 4.69) is 59.0 Å². The van der Waals surface area contributed by atoms with Gasteiger partial charge in [-0.05, 0) is 52.4 Å². The van der Waals surface area contributed by atoms with Gasteiger partial charge in [0, 0.05) is 12.2 Å². The van der Waals surface area contributed by atoms with Crippen molar-refractivity contribution in [3.05, 3.63) is 35.2 Å². The molecule has 1 N–H and O–H groups in total. The Hall–Kier alpha value is -1.86. The van der Waals surface area contributed by atoms with E-state index in [-0.39, 0.29) is 11.9 Å². The molecule has 1 heterocycles. The van der Waals surface area contributed by atoms with E-state index < -0.39 is 0 Å². The molecule has 7 heteroatoms. The van der Waals surface area contributed by atoms with E-state index in [4.69, 9.17) is 0 Å². The number of thioether (sulfide) groups is 1. The Kier molecular flexibility index (Phi) is 8.51. The number of aromatic nitrogens is 3. The minimum Gasteiger partial charge on any atom is -0.325 e. The van der Waals surface area contributed by atoms with Gasteiger partial charge in [-0.3, -0.25) is 9.69 Å². The monoisotopic (exact) mass is 403 g/mol. The van der Waals surface area contributed by atoms with Crippen LogP contribution in [0, 0.1) is 13.8 Å². The fourth-order valence-corrected chi connectivity index (χ4v) is 4.00. The molecular formula is C21H33N5OS. The van der Waals surface area contributed by atoms with Crippen LogP contribution in [0.3, 0.4) is 0 Å². The lowest BCUT2D eigenvalue weighted by Crippen LogP contribution is -2.23. The van der Waals surface area contributed by atoms with Gasteiger partial charge in [0.25, 0.3) is 0 Å². The maximum absolute atomic E-state index is 12.5. The minimum absolute atomic E-state index is 0.0248. The number of carbonyl (C=O) groups is 1.